The van der Waals surface area contributed by atoms with Crippen molar-refractivity contribution in [2.45, 2.75) is 13.3 Å². The number of hydrogen-bond donors (Lipinski definition) is 1. The number of carbonyl (C=O) groups is 1. The second-order valence-electron chi connectivity index (χ2n) is 5.92. The van der Waals surface area contributed by atoms with Crippen LogP contribution < -0.4 is 5.63 Å². The summed E-state index contributed by atoms with van der Waals surface area (Å²) in [6.45, 7) is 1.98. The summed E-state index contributed by atoms with van der Waals surface area (Å²) in [7, 11) is 0. The summed E-state index contributed by atoms with van der Waals surface area (Å²) < 4.78 is 15.9. The Morgan fingerprint density at radius 1 is 1.15 bits per heavy atom. The largest absolute Gasteiger partial charge is 0.507 e. The van der Waals surface area contributed by atoms with Gasteiger partial charge in [-0.25, -0.2) is 9.78 Å². The van der Waals surface area contributed by atoms with Crippen LogP contribution in [0.15, 0.2) is 56.1 Å². The molecule has 4 aromatic rings. The molecule has 0 amide bonds. The Labute approximate surface area is 152 Å². The summed E-state index contributed by atoms with van der Waals surface area (Å²) in [4.78, 5) is 28.1. The van der Waals surface area contributed by atoms with Gasteiger partial charge in [-0.05, 0) is 30.7 Å². The fourth-order valence-electron chi connectivity index (χ4n) is 2.93. The highest BCUT2D eigenvalue weighted by atomic mass is 16.5. The zero-order valence-electron chi connectivity index (χ0n) is 14.4. The van der Waals surface area contributed by atoms with Gasteiger partial charge in [0.15, 0.2) is 5.58 Å². The van der Waals surface area contributed by atoms with Gasteiger partial charge in [0, 0.05) is 17.5 Å². The van der Waals surface area contributed by atoms with E-state index in [9.17, 15) is 14.7 Å². The molecule has 1 N–H and O–H groups in total. The number of para-hydroxylation sites is 1. The fraction of sp³-hybridized carbons (Fsp3) is 0.150. The van der Waals surface area contributed by atoms with E-state index in [2.05, 4.69) is 4.98 Å². The molecular weight excluding hydrogens is 350 g/mol. The van der Waals surface area contributed by atoms with Crippen LogP contribution in [0.25, 0.3) is 33.5 Å². The molecule has 7 nitrogen and oxygen atoms in total. The molecule has 0 unspecified atom stereocenters. The van der Waals surface area contributed by atoms with Gasteiger partial charge in [-0.3, -0.25) is 4.79 Å². The molecule has 7 heteroatoms. The number of aromatic hydroxyl groups is 1. The molecule has 0 aliphatic carbocycles. The SMILES string of the molecule is CCOC(=O)Cc1cc(=O)oc2cc3oc(-c4ccccc4O)nc3cc12. The van der Waals surface area contributed by atoms with E-state index in [0.29, 0.717) is 27.6 Å². The van der Waals surface area contributed by atoms with E-state index >= 15 is 0 Å². The molecular formula is C20H15NO6. The molecule has 0 aliphatic heterocycles. The molecule has 27 heavy (non-hydrogen) atoms. The number of ether oxygens (including phenoxy) is 1. The first kappa shape index (κ1) is 16.8. The van der Waals surface area contributed by atoms with Gasteiger partial charge in [0.2, 0.25) is 5.89 Å². The highest BCUT2D eigenvalue weighted by Crippen LogP contribution is 2.32. The summed E-state index contributed by atoms with van der Waals surface area (Å²) in [6, 6.07) is 11.2. The second kappa shape index (κ2) is 6.60. The van der Waals surface area contributed by atoms with Gasteiger partial charge < -0.3 is 18.7 Å². The average Bonchev–Trinajstić information content (AvgIpc) is 3.03. The fourth-order valence-corrected chi connectivity index (χ4v) is 2.93. The molecule has 2 aromatic carbocycles. The third-order valence-corrected chi connectivity index (χ3v) is 4.11. The molecule has 4 rings (SSSR count). The zero-order chi connectivity index (χ0) is 19.0. The molecule has 0 saturated carbocycles. The van der Waals surface area contributed by atoms with Gasteiger partial charge >= 0.3 is 11.6 Å². The third-order valence-electron chi connectivity index (χ3n) is 4.11. The van der Waals surface area contributed by atoms with Gasteiger partial charge in [0.25, 0.3) is 0 Å². The Bertz CT molecular complexity index is 1220. The van der Waals surface area contributed by atoms with Crippen LogP contribution in [-0.4, -0.2) is 22.7 Å². The zero-order valence-corrected chi connectivity index (χ0v) is 14.4. The van der Waals surface area contributed by atoms with Crippen molar-refractivity contribution < 1.29 is 23.5 Å². The molecule has 0 atom stereocenters. The minimum Gasteiger partial charge on any atom is -0.507 e. The van der Waals surface area contributed by atoms with Crippen LogP contribution in [0.1, 0.15) is 12.5 Å². The van der Waals surface area contributed by atoms with Crippen LogP contribution >= 0.6 is 0 Å². The van der Waals surface area contributed by atoms with Crippen LogP contribution in [0, 0.1) is 0 Å². The van der Waals surface area contributed by atoms with E-state index in [1.54, 1.807) is 37.3 Å². The number of esters is 1. The topological polar surface area (TPSA) is 103 Å². The number of fused-ring (bicyclic) bond motifs is 2. The highest BCUT2D eigenvalue weighted by molar-refractivity contribution is 5.95. The molecule has 0 fully saturated rings. The number of hydrogen-bond acceptors (Lipinski definition) is 7. The maximum atomic E-state index is 11.9. The number of phenolic OH excluding ortho intramolecular Hbond substituents is 1. The third kappa shape index (κ3) is 3.15. The lowest BCUT2D eigenvalue weighted by Crippen LogP contribution is -2.10. The number of nitrogens with zero attached hydrogens (tertiary/aromatic N) is 1. The van der Waals surface area contributed by atoms with E-state index in [4.69, 9.17) is 13.6 Å². The molecule has 136 valence electrons. The van der Waals surface area contributed by atoms with Crippen molar-refractivity contribution in [2.24, 2.45) is 0 Å². The lowest BCUT2D eigenvalue weighted by Gasteiger charge is -2.05. The van der Waals surface area contributed by atoms with Gasteiger partial charge in [-0.1, -0.05) is 12.1 Å². The molecule has 2 aromatic heterocycles. The van der Waals surface area contributed by atoms with Gasteiger partial charge in [0.1, 0.15) is 16.8 Å². The number of aromatic nitrogens is 1. The standard InChI is InChI=1S/C20H15NO6/c1-2-25-18(23)7-11-8-19(24)26-16-10-17-14(9-13(11)16)21-20(27-17)12-5-3-4-6-15(12)22/h3-6,8-10,22H,2,7H2,1H3. The van der Waals surface area contributed by atoms with Crippen LogP contribution in [0.4, 0.5) is 0 Å². The average molecular weight is 365 g/mol. The summed E-state index contributed by atoms with van der Waals surface area (Å²) in [5.74, 6) is -0.143. The number of phenols is 1. The van der Waals surface area contributed by atoms with E-state index in [0.717, 1.165) is 0 Å². The highest BCUT2D eigenvalue weighted by Gasteiger charge is 2.16. The Morgan fingerprint density at radius 3 is 2.74 bits per heavy atom. The Hall–Kier alpha value is -3.61. The van der Waals surface area contributed by atoms with Gasteiger partial charge in [0.05, 0.1) is 18.6 Å². The van der Waals surface area contributed by atoms with E-state index in [1.165, 1.54) is 12.1 Å². The lowest BCUT2D eigenvalue weighted by atomic mass is 10.1. The first-order valence-corrected chi connectivity index (χ1v) is 8.36. The van der Waals surface area contributed by atoms with Crippen LogP contribution in [0.3, 0.4) is 0 Å². The minimum absolute atomic E-state index is 0.0446. The predicted molar refractivity (Wildman–Crippen MR) is 97.5 cm³/mol. The Balaban J connectivity index is 1.88. The van der Waals surface area contributed by atoms with Gasteiger partial charge in [-0.2, -0.15) is 0 Å². The van der Waals surface area contributed by atoms with Crippen molar-refractivity contribution in [3.8, 4) is 17.2 Å². The first-order chi connectivity index (χ1) is 13.0. The summed E-state index contributed by atoms with van der Waals surface area (Å²) >= 11 is 0. The molecule has 0 spiro atoms. The lowest BCUT2D eigenvalue weighted by molar-refractivity contribution is -0.142. The van der Waals surface area contributed by atoms with Crippen molar-refractivity contribution in [1.82, 2.24) is 4.98 Å². The maximum absolute atomic E-state index is 11.9. The quantitative estimate of drug-likeness (QED) is 0.437. The maximum Gasteiger partial charge on any atom is 0.336 e. The monoisotopic (exact) mass is 365 g/mol. The first-order valence-electron chi connectivity index (χ1n) is 8.36. The van der Waals surface area contributed by atoms with Crippen molar-refractivity contribution >= 4 is 28.0 Å². The summed E-state index contributed by atoms with van der Waals surface area (Å²) in [6.07, 6.45) is -0.0500. The second-order valence-corrected chi connectivity index (χ2v) is 5.92. The Kier molecular flexibility index (Phi) is 4.12. The molecule has 0 radical (unpaired) electrons. The smallest absolute Gasteiger partial charge is 0.336 e. The van der Waals surface area contributed by atoms with Crippen LogP contribution in [0.2, 0.25) is 0 Å². The molecule has 0 saturated heterocycles. The Morgan fingerprint density at radius 2 is 1.96 bits per heavy atom. The van der Waals surface area contributed by atoms with Crippen LogP contribution in [-0.2, 0) is 16.0 Å². The molecule has 0 bridgehead atoms. The van der Waals surface area contributed by atoms with E-state index in [1.807, 2.05) is 0 Å². The van der Waals surface area contributed by atoms with Crippen LogP contribution in [0.5, 0.6) is 5.75 Å². The molecule has 0 aliphatic rings. The van der Waals surface area contributed by atoms with Crippen molar-refractivity contribution in [1.29, 1.82) is 0 Å². The number of benzene rings is 2. The number of rotatable bonds is 4. The number of carbonyl (C=O) groups excluding carboxylic acids is 1. The van der Waals surface area contributed by atoms with Gasteiger partial charge in [-0.15, -0.1) is 0 Å². The van der Waals surface area contributed by atoms with E-state index < -0.39 is 11.6 Å². The minimum atomic E-state index is -0.568. The predicted octanol–water partition coefficient (Wildman–Crippen LogP) is 3.41. The normalized spacial score (nSPS) is 11.1. The molecule has 2 heterocycles. The summed E-state index contributed by atoms with van der Waals surface area (Å²) in [5.41, 5.74) is 1.58. The van der Waals surface area contributed by atoms with Crippen molar-refractivity contribution in [3.05, 3.63) is 58.4 Å². The summed E-state index contributed by atoms with van der Waals surface area (Å²) in [5, 5.41) is 10.6. The van der Waals surface area contributed by atoms with Crippen molar-refractivity contribution in [3.63, 3.8) is 0 Å². The van der Waals surface area contributed by atoms with Crippen molar-refractivity contribution in [2.75, 3.05) is 6.61 Å². The van der Waals surface area contributed by atoms with E-state index in [-0.39, 0.29) is 30.3 Å². The number of oxazole rings is 1.